The minimum absolute atomic E-state index is 0.619. The SMILES string of the molecule is CCC(C)c1ccc2occ(CNC3CC3)c2c1. The average Bonchev–Trinajstić information content (AvgIpc) is 3.15. The van der Waals surface area contributed by atoms with E-state index < -0.39 is 0 Å². The van der Waals surface area contributed by atoms with Gasteiger partial charge in [-0.15, -0.1) is 0 Å². The molecule has 1 aliphatic rings. The molecule has 0 spiro atoms. The third kappa shape index (κ3) is 2.30. The second-order valence-electron chi connectivity index (χ2n) is 5.48. The zero-order valence-electron chi connectivity index (χ0n) is 11.2. The van der Waals surface area contributed by atoms with Crippen molar-refractivity contribution in [2.24, 2.45) is 0 Å². The Morgan fingerprint density at radius 1 is 1.39 bits per heavy atom. The highest BCUT2D eigenvalue weighted by molar-refractivity contribution is 5.81. The Labute approximate surface area is 108 Å². The molecule has 0 radical (unpaired) electrons. The minimum atomic E-state index is 0.619. The molecule has 2 heteroatoms. The molecule has 1 aromatic carbocycles. The Morgan fingerprint density at radius 3 is 2.94 bits per heavy atom. The first-order valence-electron chi connectivity index (χ1n) is 7.01. The molecule has 3 rings (SSSR count). The van der Waals surface area contributed by atoms with Gasteiger partial charge in [0, 0.05) is 23.5 Å². The van der Waals surface area contributed by atoms with Gasteiger partial charge in [-0.1, -0.05) is 19.9 Å². The third-order valence-electron chi connectivity index (χ3n) is 4.02. The number of benzene rings is 1. The molecule has 1 atom stereocenters. The quantitative estimate of drug-likeness (QED) is 0.851. The first-order valence-corrected chi connectivity index (χ1v) is 7.01. The Balaban J connectivity index is 1.88. The molecule has 1 aromatic heterocycles. The summed E-state index contributed by atoms with van der Waals surface area (Å²) in [7, 11) is 0. The fraction of sp³-hybridized carbons (Fsp3) is 0.500. The van der Waals surface area contributed by atoms with Gasteiger partial charge in [-0.25, -0.2) is 0 Å². The Morgan fingerprint density at radius 2 is 2.22 bits per heavy atom. The Kier molecular flexibility index (Phi) is 3.13. The van der Waals surface area contributed by atoms with Crippen LogP contribution in [0.2, 0.25) is 0 Å². The van der Waals surface area contributed by atoms with Crippen LogP contribution in [0.1, 0.15) is 50.2 Å². The molecule has 1 N–H and O–H groups in total. The molecule has 1 fully saturated rings. The van der Waals surface area contributed by atoms with E-state index in [0.29, 0.717) is 5.92 Å². The van der Waals surface area contributed by atoms with E-state index in [2.05, 4.69) is 37.4 Å². The molecule has 2 nitrogen and oxygen atoms in total. The summed E-state index contributed by atoms with van der Waals surface area (Å²) in [6, 6.07) is 7.35. The molecule has 18 heavy (non-hydrogen) atoms. The number of hydrogen-bond donors (Lipinski definition) is 1. The van der Waals surface area contributed by atoms with Crippen LogP contribution in [0.5, 0.6) is 0 Å². The number of rotatable bonds is 5. The lowest BCUT2D eigenvalue weighted by Crippen LogP contribution is -2.14. The van der Waals surface area contributed by atoms with Crippen LogP contribution in [0, 0.1) is 0 Å². The van der Waals surface area contributed by atoms with Crippen molar-refractivity contribution in [1.82, 2.24) is 5.32 Å². The monoisotopic (exact) mass is 243 g/mol. The van der Waals surface area contributed by atoms with Gasteiger partial charge in [0.05, 0.1) is 6.26 Å². The van der Waals surface area contributed by atoms with Crippen molar-refractivity contribution in [2.75, 3.05) is 0 Å². The van der Waals surface area contributed by atoms with E-state index >= 15 is 0 Å². The van der Waals surface area contributed by atoms with Gasteiger partial charge in [0.25, 0.3) is 0 Å². The molecule has 1 saturated carbocycles. The summed E-state index contributed by atoms with van der Waals surface area (Å²) in [6.45, 7) is 5.45. The highest BCUT2D eigenvalue weighted by Gasteiger charge is 2.20. The summed E-state index contributed by atoms with van der Waals surface area (Å²) in [5.74, 6) is 0.619. The van der Waals surface area contributed by atoms with E-state index in [-0.39, 0.29) is 0 Å². The minimum Gasteiger partial charge on any atom is -0.464 e. The van der Waals surface area contributed by atoms with Crippen molar-refractivity contribution >= 4 is 11.0 Å². The lowest BCUT2D eigenvalue weighted by molar-refractivity contribution is 0.601. The predicted octanol–water partition coefficient (Wildman–Crippen LogP) is 4.20. The van der Waals surface area contributed by atoms with Crippen molar-refractivity contribution in [1.29, 1.82) is 0 Å². The van der Waals surface area contributed by atoms with Crippen LogP contribution >= 0.6 is 0 Å². The van der Waals surface area contributed by atoms with Gasteiger partial charge in [-0.2, -0.15) is 0 Å². The topological polar surface area (TPSA) is 25.2 Å². The zero-order chi connectivity index (χ0) is 12.5. The number of fused-ring (bicyclic) bond motifs is 1. The van der Waals surface area contributed by atoms with E-state index in [1.165, 1.54) is 35.8 Å². The molecule has 2 aromatic rings. The van der Waals surface area contributed by atoms with Crippen LogP contribution in [0.4, 0.5) is 0 Å². The van der Waals surface area contributed by atoms with E-state index in [9.17, 15) is 0 Å². The second-order valence-corrected chi connectivity index (χ2v) is 5.48. The molecular weight excluding hydrogens is 222 g/mol. The summed E-state index contributed by atoms with van der Waals surface area (Å²) in [5.41, 5.74) is 3.72. The summed E-state index contributed by atoms with van der Waals surface area (Å²) < 4.78 is 5.63. The standard InChI is InChI=1S/C16H21NO/c1-3-11(2)12-4-7-16-15(8-12)13(10-18-16)9-17-14-5-6-14/h4,7-8,10-11,14,17H,3,5-6,9H2,1-2H3. The highest BCUT2D eigenvalue weighted by Crippen LogP contribution is 2.28. The summed E-state index contributed by atoms with van der Waals surface area (Å²) in [4.78, 5) is 0. The molecule has 0 aliphatic heterocycles. The number of nitrogens with one attached hydrogen (secondary N) is 1. The maximum atomic E-state index is 5.63. The van der Waals surface area contributed by atoms with Crippen LogP contribution in [-0.4, -0.2) is 6.04 Å². The normalized spacial score (nSPS) is 17.2. The molecule has 0 saturated heterocycles. The molecule has 0 amide bonds. The Bertz CT molecular complexity index is 539. The van der Waals surface area contributed by atoms with Gasteiger partial charge < -0.3 is 9.73 Å². The van der Waals surface area contributed by atoms with Gasteiger partial charge in [-0.05, 0) is 42.9 Å². The maximum absolute atomic E-state index is 5.63. The number of furan rings is 1. The molecule has 0 bridgehead atoms. The first-order chi connectivity index (χ1) is 8.78. The van der Waals surface area contributed by atoms with Crippen LogP contribution in [0.15, 0.2) is 28.9 Å². The maximum Gasteiger partial charge on any atom is 0.134 e. The van der Waals surface area contributed by atoms with Gasteiger partial charge >= 0.3 is 0 Å². The highest BCUT2D eigenvalue weighted by atomic mass is 16.3. The molecule has 1 aliphatic carbocycles. The van der Waals surface area contributed by atoms with E-state index in [0.717, 1.165) is 18.2 Å². The lowest BCUT2D eigenvalue weighted by Gasteiger charge is -2.09. The third-order valence-corrected chi connectivity index (χ3v) is 4.02. The smallest absolute Gasteiger partial charge is 0.134 e. The van der Waals surface area contributed by atoms with Crippen LogP contribution in [-0.2, 0) is 6.54 Å². The largest absolute Gasteiger partial charge is 0.464 e. The van der Waals surface area contributed by atoms with Gasteiger partial charge in [0.1, 0.15) is 5.58 Å². The fourth-order valence-electron chi connectivity index (χ4n) is 2.32. The predicted molar refractivity (Wildman–Crippen MR) is 74.8 cm³/mol. The Hall–Kier alpha value is -1.28. The van der Waals surface area contributed by atoms with Gasteiger partial charge in [-0.3, -0.25) is 0 Å². The van der Waals surface area contributed by atoms with E-state index in [4.69, 9.17) is 4.42 Å². The van der Waals surface area contributed by atoms with Crippen molar-refractivity contribution in [3.63, 3.8) is 0 Å². The van der Waals surface area contributed by atoms with Crippen LogP contribution in [0.3, 0.4) is 0 Å². The molecular formula is C16H21NO. The van der Waals surface area contributed by atoms with Crippen molar-refractivity contribution in [3.8, 4) is 0 Å². The van der Waals surface area contributed by atoms with E-state index in [1.54, 1.807) is 0 Å². The fourth-order valence-corrected chi connectivity index (χ4v) is 2.32. The van der Waals surface area contributed by atoms with Gasteiger partial charge in [0.2, 0.25) is 0 Å². The second kappa shape index (κ2) is 4.77. The lowest BCUT2D eigenvalue weighted by atomic mass is 9.97. The molecule has 1 heterocycles. The van der Waals surface area contributed by atoms with Crippen molar-refractivity contribution < 1.29 is 4.42 Å². The van der Waals surface area contributed by atoms with Crippen molar-refractivity contribution in [2.45, 2.75) is 51.6 Å². The average molecular weight is 243 g/mol. The molecule has 1 unspecified atom stereocenters. The zero-order valence-corrected chi connectivity index (χ0v) is 11.2. The molecule has 96 valence electrons. The van der Waals surface area contributed by atoms with Crippen LogP contribution in [0.25, 0.3) is 11.0 Å². The summed E-state index contributed by atoms with van der Waals surface area (Å²) >= 11 is 0. The van der Waals surface area contributed by atoms with Crippen molar-refractivity contribution in [3.05, 3.63) is 35.6 Å². The number of hydrogen-bond acceptors (Lipinski definition) is 2. The first kappa shape index (κ1) is 11.8. The van der Waals surface area contributed by atoms with E-state index in [1.807, 2.05) is 6.26 Å². The summed E-state index contributed by atoms with van der Waals surface area (Å²) in [6.07, 6.45) is 5.74. The summed E-state index contributed by atoms with van der Waals surface area (Å²) in [5, 5.41) is 4.83. The van der Waals surface area contributed by atoms with Gasteiger partial charge in [0.15, 0.2) is 0 Å². The van der Waals surface area contributed by atoms with Crippen LogP contribution < -0.4 is 5.32 Å².